The molecule has 0 fully saturated rings. The molecular formula is C21H21NO4S. The first kappa shape index (κ1) is 19.0. The summed E-state index contributed by atoms with van der Waals surface area (Å²) in [6, 6.07) is 14.9. The molecule has 3 aromatic rings. The van der Waals surface area contributed by atoms with Crippen LogP contribution in [0.15, 0.2) is 57.9 Å². The van der Waals surface area contributed by atoms with Gasteiger partial charge in [-0.3, -0.25) is 0 Å². The zero-order chi connectivity index (χ0) is 19.2. The van der Waals surface area contributed by atoms with Gasteiger partial charge in [0.15, 0.2) is 0 Å². The van der Waals surface area contributed by atoms with Gasteiger partial charge in [-0.15, -0.1) is 11.8 Å². The lowest BCUT2D eigenvalue weighted by Crippen LogP contribution is -2.06. The highest BCUT2D eigenvalue weighted by Gasteiger charge is 2.12. The lowest BCUT2D eigenvalue weighted by Gasteiger charge is -2.09. The van der Waals surface area contributed by atoms with Gasteiger partial charge < -0.3 is 14.0 Å². The Morgan fingerprint density at radius 2 is 1.89 bits per heavy atom. The van der Waals surface area contributed by atoms with E-state index in [0.29, 0.717) is 17.9 Å². The molecule has 0 aliphatic heterocycles. The fourth-order valence-electron chi connectivity index (χ4n) is 2.53. The first-order valence-corrected chi connectivity index (χ1v) is 9.74. The van der Waals surface area contributed by atoms with Crippen LogP contribution >= 0.6 is 11.8 Å². The minimum atomic E-state index is -0.383. The predicted molar refractivity (Wildman–Crippen MR) is 104 cm³/mol. The molecule has 0 spiro atoms. The van der Waals surface area contributed by atoms with E-state index in [0.717, 1.165) is 22.6 Å². The second-order valence-electron chi connectivity index (χ2n) is 6.04. The van der Waals surface area contributed by atoms with Crippen molar-refractivity contribution in [3.63, 3.8) is 0 Å². The molecule has 5 nitrogen and oxygen atoms in total. The van der Waals surface area contributed by atoms with E-state index >= 15 is 0 Å². The average molecular weight is 383 g/mol. The zero-order valence-electron chi connectivity index (χ0n) is 15.5. The van der Waals surface area contributed by atoms with Crippen LogP contribution in [0, 0.1) is 13.8 Å². The molecule has 6 heteroatoms. The third kappa shape index (κ3) is 4.92. The second-order valence-corrected chi connectivity index (χ2v) is 6.92. The summed E-state index contributed by atoms with van der Waals surface area (Å²) in [7, 11) is 0. The Hall–Kier alpha value is -2.73. The van der Waals surface area contributed by atoms with E-state index in [4.69, 9.17) is 14.0 Å². The molecule has 0 saturated carbocycles. The van der Waals surface area contributed by atoms with Gasteiger partial charge in [-0.2, -0.15) is 0 Å². The summed E-state index contributed by atoms with van der Waals surface area (Å²) in [5.74, 6) is 0.941. The molecule has 0 N–H and O–H groups in total. The number of benzene rings is 2. The van der Waals surface area contributed by atoms with Gasteiger partial charge in [-0.05, 0) is 56.0 Å². The Morgan fingerprint density at radius 3 is 2.56 bits per heavy atom. The van der Waals surface area contributed by atoms with Crippen molar-refractivity contribution in [2.24, 2.45) is 0 Å². The van der Waals surface area contributed by atoms with Gasteiger partial charge in [-0.25, -0.2) is 4.79 Å². The van der Waals surface area contributed by atoms with Gasteiger partial charge in [0.25, 0.3) is 0 Å². The molecule has 0 saturated heterocycles. The molecule has 1 heterocycles. The zero-order valence-corrected chi connectivity index (χ0v) is 16.3. The average Bonchev–Trinajstić information content (AvgIpc) is 3.02. The van der Waals surface area contributed by atoms with Crippen molar-refractivity contribution in [2.45, 2.75) is 32.0 Å². The number of aromatic nitrogens is 1. The molecule has 0 aliphatic rings. The Labute approximate surface area is 162 Å². The lowest BCUT2D eigenvalue weighted by molar-refractivity contribution is 0.0472. The largest absolute Gasteiger partial charge is 0.489 e. The topological polar surface area (TPSA) is 61.6 Å². The van der Waals surface area contributed by atoms with Gasteiger partial charge in [0, 0.05) is 4.90 Å². The molecule has 0 bridgehead atoms. The first-order valence-electron chi connectivity index (χ1n) is 8.51. The number of carbonyl (C=O) groups is 1. The predicted octanol–water partition coefficient (Wildman–Crippen LogP) is 4.95. The molecule has 0 aliphatic carbocycles. The van der Waals surface area contributed by atoms with Crippen LogP contribution in [-0.2, 0) is 18.0 Å². The monoisotopic (exact) mass is 383 g/mol. The number of ether oxygens (including phenoxy) is 2. The van der Waals surface area contributed by atoms with Crippen LogP contribution in [0.1, 0.15) is 32.9 Å². The van der Waals surface area contributed by atoms with Crippen LogP contribution < -0.4 is 4.74 Å². The fourth-order valence-corrected chi connectivity index (χ4v) is 2.94. The normalized spacial score (nSPS) is 10.6. The van der Waals surface area contributed by atoms with Gasteiger partial charge >= 0.3 is 5.97 Å². The Kier molecular flexibility index (Phi) is 6.19. The molecule has 3 rings (SSSR count). The maximum absolute atomic E-state index is 12.3. The van der Waals surface area contributed by atoms with Crippen LogP contribution in [0.3, 0.4) is 0 Å². The number of thioether (sulfide) groups is 1. The van der Waals surface area contributed by atoms with Crippen molar-refractivity contribution in [3.05, 3.63) is 76.7 Å². The van der Waals surface area contributed by atoms with E-state index in [2.05, 4.69) is 5.16 Å². The minimum Gasteiger partial charge on any atom is -0.489 e. The number of hydrogen-bond acceptors (Lipinski definition) is 6. The minimum absolute atomic E-state index is 0.234. The quantitative estimate of drug-likeness (QED) is 0.425. The summed E-state index contributed by atoms with van der Waals surface area (Å²) in [5, 5.41) is 3.91. The van der Waals surface area contributed by atoms with Crippen LogP contribution in [-0.4, -0.2) is 17.4 Å². The smallest absolute Gasteiger partial charge is 0.338 e. The lowest BCUT2D eigenvalue weighted by atomic mass is 10.2. The van der Waals surface area contributed by atoms with Gasteiger partial charge in [-0.1, -0.05) is 23.4 Å². The van der Waals surface area contributed by atoms with Crippen molar-refractivity contribution < 1.29 is 18.8 Å². The number of aryl methyl sites for hydroxylation is 2. The summed E-state index contributed by atoms with van der Waals surface area (Å²) < 4.78 is 16.3. The SMILES string of the molecule is CSc1ccc(COC(=O)c2cccc(OCc3c(C)noc3C)c2)cc1. The van der Waals surface area contributed by atoms with Crippen molar-refractivity contribution >= 4 is 17.7 Å². The Balaban J connectivity index is 1.59. The number of rotatable bonds is 7. The molecule has 0 unspecified atom stereocenters. The summed E-state index contributed by atoms with van der Waals surface area (Å²) in [4.78, 5) is 13.5. The van der Waals surface area contributed by atoms with Gasteiger partial charge in [0.05, 0.1) is 16.8 Å². The van der Waals surface area contributed by atoms with Gasteiger partial charge in [0.1, 0.15) is 24.7 Å². The second kappa shape index (κ2) is 8.77. The summed E-state index contributed by atoms with van der Waals surface area (Å²) in [5.41, 5.74) is 3.12. The molecule has 27 heavy (non-hydrogen) atoms. The van der Waals surface area contributed by atoms with Gasteiger partial charge in [0.2, 0.25) is 0 Å². The van der Waals surface area contributed by atoms with Crippen LogP contribution in [0.4, 0.5) is 0 Å². The number of esters is 1. The van der Waals surface area contributed by atoms with E-state index in [9.17, 15) is 4.79 Å². The van der Waals surface area contributed by atoms with E-state index in [1.165, 1.54) is 4.90 Å². The van der Waals surface area contributed by atoms with Crippen LogP contribution in [0.25, 0.3) is 0 Å². The van der Waals surface area contributed by atoms with Crippen molar-refractivity contribution in [3.8, 4) is 5.75 Å². The number of nitrogens with zero attached hydrogens (tertiary/aromatic N) is 1. The molecule has 0 radical (unpaired) electrons. The first-order chi connectivity index (χ1) is 13.1. The maximum atomic E-state index is 12.3. The highest BCUT2D eigenvalue weighted by atomic mass is 32.2. The van der Waals surface area contributed by atoms with E-state index < -0.39 is 0 Å². The summed E-state index contributed by atoms with van der Waals surface area (Å²) in [6.07, 6.45) is 2.02. The maximum Gasteiger partial charge on any atom is 0.338 e. The Morgan fingerprint density at radius 1 is 1.11 bits per heavy atom. The standard InChI is InChI=1S/C21H21NO4S/c1-14-20(15(2)26-22-14)13-24-18-6-4-5-17(11-18)21(23)25-12-16-7-9-19(27-3)10-8-16/h4-11H,12-13H2,1-3H3. The van der Waals surface area contributed by atoms with Crippen molar-refractivity contribution in [2.75, 3.05) is 6.26 Å². The fraction of sp³-hybridized carbons (Fsp3) is 0.238. The van der Waals surface area contributed by atoms with E-state index in [-0.39, 0.29) is 12.6 Å². The van der Waals surface area contributed by atoms with E-state index in [1.807, 2.05) is 44.4 Å². The summed E-state index contributed by atoms with van der Waals surface area (Å²) in [6.45, 7) is 4.28. The third-order valence-electron chi connectivity index (χ3n) is 4.16. The highest BCUT2D eigenvalue weighted by Crippen LogP contribution is 2.20. The number of carbonyl (C=O) groups excluding carboxylic acids is 1. The van der Waals surface area contributed by atoms with Crippen molar-refractivity contribution in [1.29, 1.82) is 0 Å². The number of hydrogen-bond donors (Lipinski definition) is 0. The Bertz CT molecular complexity index is 899. The highest BCUT2D eigenvalue weighted by molar-refractivity contribution is 7.98. The third-order valence-corrected chi connectivity index (χ3v) is 4.91. The molecule has 0 atom stereocenters. The molecule has 1 aromatic heterocycles. The molecule has 2 aromatic carbocycles. The summed E-state index contributed by atoms with van der Waals surface area (Å²) >= 11 is 1.67. The van der Waals surface area contributed by atoms with Crippen LogP contribution in [0.2, 0.25) is 0 Å². The molecule has 0 amide bonds. The van der Waals surface area contributed by atoms with Crippen LogP contribution in [0.5, 0.6) is 5.75 Å². The molecular weight excluding hydrogens is 362 g/mol. The van der Waals surface area contributed by atoms with E-state index in [1.54, 1.807) is 36.0 Å². The molecule has 140 valence electrons. The van der Waals surface area contributed by atoms with Crippen molar-refractivity contribution in [1.82, 2.24) is 5.16 Å².